The number of carbonyl (C=O) groups is 1. The molecule has 2 rings (SSSR count). The summed E-state index contributed by atoms with van der Waals surface area (Å²) in [6.07, 6.45) is 0. The monoisotopic (exact) mass is 306 g/mol. The van der Waals surface area contributed by atoms with Crippen molar-refractivity contribution in [3.63, 3.8) is 0 Å². The van der Waals surface area contributed by atoms with Crippen molar-refractivity contribution >= 4 is 35.0 Å². The Morgan fingerprint density at radius 2 is 1.81 bits per heavy atom. The van der Waals surface area contributed by atoms with Crippen LogP contribution in [-0.4, -0.2) is 20.8 Å². The van der Waals surface area contributed by atoms with Crippen LogP contribution >= 0.6 is 11.8 Å². The second-order valence-corrected chi connectivity index (χ2v) is 4.92. The Bertz CT molecular complexity index is 716. The van der Waals surface area contributed by atoms with Crippen molar-refractivity contribution in [1.82, 2.24) is 9.97 Å². The molecule has 0 aliphatic carbocycles. The summed E-state index contributed by atoms with van der Waals surface area (Å²) in [5, 5.41) is 11.2. The Kier molecular flexibility index (Phi) is 3.89. The lowest BCUT2D eigenvalue weighted by Crippen LogP contribution is -2.11. The van der Waals surface area contributed by atoms with E-state index in [0.717, 1.165) is 17.8 Å². The number of hydrogen-bond donors (Lipinski definition) is 3. The van der Waals surface area contributed by atoms with Gasteiger partial charge in [-0.15, -0.1) is 0 Å². The quantitative estimate of drug-likeness (QED) is 0.424. The number of rotatable bonds is 4. The highest BCUT2D eigenvalue weighted by Gasteiger charge is 2.18. The van der Waals surface area contributed by atoms with Gasteiger partial charge in [0.25, 0.3) is 5.69 Å². The van der Waals surface area contributed by atoms with Gasteiger partial charge in [0.05, 0.1) is 9.82 Å². The van der Waals surface area contributed by atoms with Gasteiger partial charge in [0.2, 0.25) is 5.91 Å². The first kappa shape index (κ1) is 14.5. The standard InChI is InChI=1S/C11H10N6O3S/c12-8-4-9(13)16-11(15-8)21-7-2-1-5(10(14)18)3-6(7)17(19)20/h1-4H,(H2,14,18)(H4,12,13,15,16). The molecule has 1 aromatic carbocycles. The number of amides is 1. The zero-order chi connectivity index (χ0) is 15.6. The molecule has 0 atom stereocenters. The van der Waals surface area contributed by atoms with Crippen molar-refractivity contribution < 1.29 is 9.72 Å². The number of aromatic nitrogens is 2. The van der Waals surface area contributed by atoms with Crippen LogP contribution in [0.3, 0.4) is 0 Å². The Morgan fingerprint density at radius 1 is 1.19 bits per heavy atom. The minimum atomic E-state index is -0.751. The molecule has 0 saturated heterocycles. The lowest BCUT2D eigenvalue weighted by Gasteiger charge is -2.04. The first-order chi connectivity index (χ1) is 9.86. The van der Waals surface area contributed by atoms with Crippen LogP contribution in [0.5, 0.6) is 0 Å². The lowest BCUT2D eigenvalue weighted by molar-refractivity contribution is -0.387. The van der Waals surface area contributed by atoms with E-state index in [2.05, 4.69) is 9.97 Å². The first-order valence-corrected chi connectivity index (χ1v) is 6.34. The van der Waals surface area contributed by atoms with E-state index in [1.807, 2.05) is 0 Å². The van der Waals surface area contributed by atoms with E-state index >= 15 is 0 Å². The summed E-state index contributed by atoms with van der Waals surface area (Å²) in [4.78, 5) is 29.6. The van der Waals surface area contributed by atoms with Crippen LogP contribution < -0.4 is 17.2 Å². The zero-order valence-electron chi connectivity index (χ0n) is 10.5. The Labute approximate surface area is 122 Å². The lowest BCUT2D eigenvalue weighted by atomic mass is 10.2. The number of nitrogen functional groups attached to an aromatic ring is 2. The van der Waals surface area contributed by atoms with Gasteiger partial charge in [-0.3, -0.25) is 14.9 Å². The molecule has 0 radical (unpaired) electrons. The average molecular weight is 306 g/mol. The fraction of sp³-hybridized carbons (Fsp3) is 0. The molecule has 0 unspecified atom stereocenters. The number of primary amides is 1. The predicted molar refractivity (Wildman–Crippen MR) is 76.6 cm³/mol. The molecule has 9 nitrogen and oxygen atoms in total. The van der Waals surface area contributed by atoms with Gasteiger partial charge < -0.3 is 17.2 Å². The largest absolute Gasteiger partial charge is 0.383 e. The van der Waals surface area contributed by atoms with E-state index in [-0.39, 0.29) is 32.9 Å². The molecule has 0 aliphatic heterocycles. The predicted octanol–water partition coefficient (Wildman–Crippen LogP) is 0.799. The van der Waals surface area contributed by atoms with E-state index in [1.165, 1.54) is 18.2 Å². The van der Waals surface area contributed by atoms with E-state index < -0.39 is 10.8 Å². The van der Waals surface area contributed by atoms with Crippen LogP contribution in [0, 0.1) is 10.1 Å². The Hall–Kier alpha value is -2.88. The minimum Gasteiger partial charge on any atom is -0.383 e. The van der Waals surface area contributed by atoms with Crippen molar-refractivity contribution in [2.45, 2.75) is 10.1 Å². The topological polar surface area (TPSA) is 164 Å². The van der Waals surface area contributed by atoms with Crippen molar-refractivity contribution in [3.05, 3.63) is 39.9 Å². The van der Waals surface area contributed by atoms with E-state index in [9.17, 15) is 14.9 Å². The van der Waals surface area contributed by atoms with Crippen molar-refractivity contribution in [1.29, 1.82) is 0 Å². The van der Waals surface area contributed by atoms with Gasteiger partial charge in [0, 0.05) is 17.7 Å². The van der Waals surface area contributed by atoms with E-state index in [0.29, 0.717) is 0 Å². The van der Waals surface area contributed by atoms with Gasteiger partial charge in [-0.1, -0.05) is 0 Å². The van der Waals surface area contributed by atoms with Crippen molar-refractivity contribution in [2.24, 2.45) is 5.73 Å². The fourth-order valence-corrected chi connectivity index (χ4v) is 2.38. The molecule has 21 heavy (non-hydrogen) atoms. The summed E-state index contributed by atoms with van der Waals surface area (Å²) in [5.41, 5.74) is 15.9. The van der Waals surface area contributed by atoms with Gasteiger partial charge in [-0.25, -0.2) is 9.97 Å². The van der Waals surface area contributed by atoms with Crippen molar-refractivity contribution in [3.8, 4) is 0 Å². The number of nitrogens with two attached hydrogens (primary N) is 3. The smallest absolute Gasteiger partial charge is 0.284 e. The molecule has 0 fully saturated rings. The summed E-state index contributed by atoms with van der Waals surface area (Å²) in [6.45, 7) is 0. The molecule has 0 bridgehead atoms. The van der Waals surface area contributed by atoms with Crippen LogP contribution in [-0.2, 0) is 0 Å². The third kappa shape index (κ3) is 3.36. The third-order valence-corrected chi connectivity index (χ3v) is 3.32. The van der Waals surface area contributed by atoms with Crippen LogP contribution in [0.4, 0.5) is 17.3 Å². The SMILES string of the molecule is NC(=O)c1ccc(Sc2nc(N)cc(N)n2)c([N+](=O)[O-])c1. The molecule has 0 spiro atoms. The Balaban J connectivity index is 2.43. The average Bonchev–Trinajstić information content (AvgIpc) is 2.37. The zero-order valence-corrected chi connectivity index (χ0v) is 11.3. The molecule has 1 heterocycles. The molecular formula is C11H10N6O3S. The normalized spacial score (nSPS) is 10.3. The number of nitrogens with zero attached hydrogens (tertiary/aromatic N) is 3. The summed E-state index contributed by atoms with van der Waals surface area (Å²) >= 11 is 0.915. The molecule has 6 N–H and O–H groups in total. The summed E-state index contributed by atoms with van der Waals surface area (Å²) in [5.74, 6) is -0.443. The van der Waals surface area contributed by atoms with Gasteiger partial charge in [0.1, 0.15) is 11.6 Å². The molecule has 2 aromatic rings. The number of hydrogen-bond acceptors (Lipinski definition) is 8. The van der Waals surface area contributed by atoms with Crippen LogP contribution in [0.1, 0.15) is 10.4 Å². The molecular weight excluding hydrogens is 296 g/mol. The third-order valence-electron chi connectivity index (χ3n) is 2.39. The fourth-order valence-electron chi connectivity index (χ4n) is 1.51. The van der Waals surface area contributed by atoms with Crippen molar-refractivity contribution in [2.75, 3.05) is 11.5 Å². The molecule has 10 heteroatoms. The van der Waals surface area contributed by atoms with Gasteiger partial charge in [0.15, 0.2) is 5.16 Å². The van der Waals surface area contributed by atoms with Crippen LogP contribution in [0.15, 0.2) is 34.3 Å². The summed E-state index contributed by atoms with van der Waals surface area (Å²) in [6, 6.07) is 5.24. The maximum Gasteiger partial charge on any atom is 0.284 e. The number of nitro groups is 1. The van der Waals surface area contributed by atoms with Gasteiger partial charge >= 0.3 is 0 Å². The van der Waals surface area contributed by atoms with Crippen LogP contribution in [0.25, 0.3) is 0 Å². The minimum absolute atomic E-state index is 0.0408. The highest BCUT2D eigenvalue weighted by molar-refractivity contribution is 7.99. The maximum absolute atomic E-state index is 11.1. The molecule has 1 amide bonds. The number of carbonyl (C=O) groups excluding carboxylic acids is 1. The summed E-state index contributed by atoms with van der Waals surface area (Å²) in [7, 11) is 0. The number of benzene rings is 1. The first-order valence-electron chi connectivity index (χ1n) is 5.53. The molecule has 0 saturated carbocycles. The second-order valence-electron chi connectivity index (χ2n) is 3.91. The van der Waals surface area contributed by atoms with Crippen LogP contribution in [0.2, 0.25) is 0 Å². The number of nitro benzene ring substituents is 1. The second kappa shape index (κ2) is 5.63. The van der Waals surface area contributed by atoms with Gasteiger partial charge in [-0.05, 0) is 23.9 Å². The van der Waals surface area contributed by atoms with E-state index in [4.69, 9.17) is 17.2 Å². The molecule has 108 valence electrons. The van der Waals surface area contributed by atoms with Gasteiger partial charge in [-0.2, -0.15) is 0 Å². The maximum atomic E-state index is 11.1. The number of anilines is 2. The van der Waals surface area contributed by atoms with E-state index in [1.54, 1.807) is 0 Å². The molecule has 1 aromatic heterocycles. The highest BCUT2D eigenvalue weighted by atomic mass is 32.2. The highest BCUT2D eigenvalue weighted by Crippen LogP contribution is 2.34. The summed E-state index contributed by atoms with van der Waals surface area (Å²) < 4.78 is 0. The Morgan fingerprint density at radius 3 is 2.33 bits per heavy atom. The molecule has 0 aliphatic rings.